The third kappa shape index (κ3) is 2.89. The highest BCUT2D eigenvalue weighted by molar-refractivity contribution is 5.80. The lowest BCUT2D eigenvalue weighted by Gasteiger charge is -2.40. The van der Waals surface area contributed by atoms with Crippen LogP contribution in [0.3, 0.4) is 0 Å². The number of carbonyl (C=O) groups is 1. The van der Waals surface area contributed by atoms with Gasteiger partial charge in [0, 0.05) is 37.5 Å². The van der Waals surface area contributed by atoms with E-state index >= 15 is 0 Å². The molecule has 1 amide bonds. The molecule has 0 saturated carbocycles. The summed E-state index contributed by atoms with van der Waals surface area (Å²) in [5.41, 5.74) is 0.137. The summed E-state index contributed by atoms with van der Waals surface area (Å²) in [6, 6.07) is 0. The van der Waals surface area contributed by atoms with Crippen LogP contribution in [0.5, 0.6) is 0 Å². The molecule has 1 aromatic rings. The van der Waals surface area contributed by atoms with Crippen LogP contribution in [0.15, 0.2) is 24.5 Å². The molecule has 128 valence electrons. The first kappa shape index (κ1) is 15.5. The predicted octanol–water partition coefficient (Wildman–Crippen LogP) is 2.40. The summed E-state index contributed by atoms with van der Waals surface area (Å²) in [6.45, 7) is 3.44. The van der Waals surface area contributed by atoms with Crippen molar-refractivity contribution in [2.75, 3.05) is 31.1 Å². The average molecular weight is 330 g/mol. The summed E-state index contributed by atoms with van der Waals surface area (Å²) in [5.74, 6) is 0.654. The third-order valence-electron chi connectivity index (χ3n) is 5.66. The Kier molecular flexibility index (Phi) is 3.98. The van der Waals surface area contributed by atoms with Gasteiger partial charge in [0.25, 0.3) is 0 Å². The van der Waals surface area contributed by atoms with E-state index < -0.39 is 5.82 Å². The van der Waals surface area contributed by atoms with Crippen molar-refractivity contribution in [2.24, 2.45) is 11.3 Å². The largest absolute Gasteiger partial charge is 0.342 e. The summed E-state index contributed by atoms with van der Waals surface area (Å²) in [7, 11) is 0. The van der Waals surface area contributed by atoms with E-state index in [0.717, 1.165) is 58.3 Å². The van der Waals surface area contributed by atoms with Gasteiger partial charge in [0.15, 0.2) is 5.82 Å². The summed E-state index contributed by atoms with van der Waals surface area (Å²) in [4.78, 5) is 25.1. The maximum absolute atomic E-state index is 13.0. The van der Waals surface area contributed by atoms with Crippen molar-refractivity contribution in [3.05, 3.63) is 30.4 Å². The minimum absolute atomic E-state index is 0.137. The molecule has 4 rings (SSSR count). The van der Waals surface area contributed by atoms with Crippen LogP contribution >= 0.6 is 0 Å². The summed E-state index contributed by atoms with van der Waals surface area (Å²) < 4.78 is 13.0. The van der Waals surface area contributed by atoms with Crippen LogP contribution in [-0.4, -0.2) is 47.0 Å². The quantitative estimate of drug-likeness (QED) is 0.782. The van der Waals surface area contributed by atoms with Gasteiger partial charge in [-0.25, -0.2) is 14.4 Å². The van der Waals surface area contributed by atoms with Crippen LogP contribution in [0, 0.1) is 17.2 Å². The minimum atomic E-state index is -0.409. The lowest BCUT2D eigenvalue weighted by atomic mass is 9.79. The molecule has 0 bridgehead atoms. The van der Waals surface area contributed by atoms with Crippen molar-refractivity contribution in [3.63, 3.8) is 0 Å². The number of piperidine rings is 1. The van der Waals surface area contributed by atoms with Crippen molar-refractivity contribution in [1.29, 1.82) is 0 Å². The zero-order chi connectivity index (χ0) is 16.6. The first-order valence-corrected chi connectivity index (χ1v) is 8.82. The SMILES string of the molecule is O=C(C1CC=CC1)N1CC[C@]2(CCCN(c3ncc(F)cn3)C2)C1. The van der Waals surface area contributed by atoms with Crippen molar-refractivity contribution in [1.82, 2.24) is 14.9 Å². The van der Waals surface area contributed by atoms with Crippen LogP contribution in [0.25, 0.3) is 0 Å². The highest BCUT2D eigenvalue weighted by atomic mass is 19.1. The van der Waals surface area contributed by atoms with E-state index in [4.69, 9.17) is 0 Å². The number of halogens is 1. The van der Waals surface area contributed by atoms with Crippen molar-refractivity contribution < 1.29 is 9.18 Å². The second-order valence-electron chi connectivity index (χ2n) is 7.38. The standard InChI is InChI=1S/C18H23FN4O/c19-15-10-20-17(21-11-15)23-8-3-6-18(13-23)7-9-22(12-18)16(24)14-4-1-2-5-14/h1-2,10-11,14H,3-9,12-13H2/t18-/m1/s1. The van der Waals surface area contributed by atoms with Gasteiger partial charge in [0.1, 0.15) is 0 Å². The Labute approximate surface area is 141 Å². The Morgan fingerprint density at radius 3 is 2.62 bits per heavy atom. The third-order valence-corrected chi connectivity index (χ3v) is 5.66. The number of carbonyl (C=O) groups excluding carboxylic acids is 1. The van der Waals surface area contributed by atoms with Gasteiger partial charge in [0.2, 0.25) is 11.9 Å². The van der Waals surface area contributed by atoms with Gasteiger partial charge in [-0.3, -0.25) is 4.79 Å². The second kappa shape index (κ2) is 6.15. The minimum Gasteiger partial charge on any atom is -0.342 e. The van der Waals surface area contributed by atoms with E-state index in [0.29, 0.717) is 11.9 Å². The van der Waals surface area contributed by atoms with Crippen LogP contribution in [0.1, 0.15) is 32.1 Å². The highest BCUT2D eigenvalue weighted by Crippen LogP contribution is 2.40. The lowest BCUT2D eigenvalue weighted by molar-refractivity contribution is -0.134. The summed E-state index contributed by atoms with van der Waals surface area (Å²) in [5, 5.41) is 0. The molecular weight excluding hydrogens is 307 g/mol. The molecule has 2 aliphatic heterocycles. The fraction of sp³-hybridized carbons (Fsp3) is 0.611. The number of hydrogen-bond donors (Lipinski definition) is 0. The molecule has 1 atom stereocenters. The molecule has 0 unspecified atom stereocenters. The molecular formula is C18H23FN4O. The van der Waals surface area contributed by atoms with E-state index in [1.807, 2.05) is 0 Å². The van der Waals surface area contributed by atoms with Gasteiger partial charge < -0.3 is 9.80 Å². The fourth-order valence-electron chi connectivity index (χ4n) is 4.38. The molecule has 0 radical (unpaired) electrons. The van der Waals surface area contributed by atoms with E-state index in [1.54, 1.807) is 0 Å². The van der Waals surface area contributed by atoms with Crippen LogP contribution in [0.2, 0.25) is 0 Å². The molecule has 24 heavy (non-hydrogen) atoms. The van der Waals surface area contributed by atoms with Crippen LogP contribution in [0.4, 0.5) is 10.3 Å². The second-order valence-corrected chi connectivity index (χ2v) is 7.38. The number of likely N-dealkylation sites (tertiary alicyclic amines) is 1. The number of anilines is 1. The molecule has 6 heteroatoms. The molecule has 0 aromatic carbocycles. The van der Waals surface area contributed by atoms with Gasteiger partial charge >= 0.3 is 0 Å². The van der Waals surface area contributed by atoms with Crippen molar-refractivity contribution in [2.45, 2.75) is 32.1 Å². The Hall–Kier alpha value is -1.98. The van der Waals surface area contributed by atoms with Crippen molar-refractivity contribution in [3.8, 4) is 0 Å². The smallest absolute Gasteiger partial charge is 0.226 e. The Balaban J connectivity index is 1.43. The van der Waals surface area contributed by atoms with Gasteiger partial charge in [-0.1, -0.05) is 12.2 Å². The first-order chi connectivity index (χ1) is 11.7. The number of allylic oxidation sites excluding steroid dienone is 2. The normalized spacial score (nSPS) is 27.4. The van der Waals surface area contributed by atoms with Crippen molar-refractivity contribution >= 4 is 11.9 Å². The molecule has 1 spiro atoms. The van der Waals surface area contributed by atoms with E-state index in [2.05, 4.69) is 31.9 Å². The molecule has 2 saturated heterocycles. The van der Waals surface area contributed by atoms with E-state index in [9.17, 15) is 9.18 Å². The average Bonchev–Trinajstić information content (AvgIpc) is 3.26. The van der Waals surface area contributed by atoms with Gasteiger partial charge in [-0.2, -0.15) is 0 Å². The Bertz CT molecular complexity index is 639. The molecule has 3 aliphatic rings. The lowest BCUT2D eigenvalue weighted by Crippen LogP contribution is -2.46. The van der Waals surface area contributed by atoms with Crippen LogP contribution < -0.4 is 4.90 Å². The number of rotatable bonds is 2. The monoisotopic (exact) mass is 330 g/mol. The van der Waals surface area contributed by atoms with Gasteiger partial charge in [0.05, 0.1) is 12.4 Å². The van der Waals surface area contributed by atoms with E-state index in [-0.39, 0.29) is 11.3 Å². The number of amides is 1. The maximum Gasteiger partial charge on any atom is 0.226 e. The molecule has 1 aliphatic carbocycles. The molecule has 2 fully saturated rings. The fourth-order valence-corrected chi connectivity index (χ4v) is 4.38. The first-order valence-electron chi connectivity index (χ1n) is 8.82. The topological polar surface area (TPSA) is 49.3 Å². The molecule has 3 heterocycles. The number of nitrogens with zero attached hydrogens (tertiary/aromatic N) is 4. The summed E-state index contributed by atoms with van der Waals surface area (Å²) >= 11 is 0. The zero-order valence-electron chi connectivity index (χ0n) is 13.8. The molecule has 5 nitrogen and oxygen atoms in total. The molecule has 1 aromatic heterocycles. The van der Waals surface area contributed by atoms with Gasteiger partial charge in [-0.05, 0) is 32.1 Å². The number of aromatic nitrogens is 2. The Morgan fingerprint density at radius 2 is 1.88 bits per heavy atom. The Morgan fingerprint density at radius 1 is 1.12 bits per heavy atom. The predicted molar refractivity (Wildman–Crippen MR) is 88.9 cm³/mol. The number of hydrogen-bond acceptors (Lipinski definition) is 4. The zero-order valence-corrected chi connectivity index (χ0v) is 13.8. The maximum atomic E-state index is 13.0. The molecule has 0 N–H and O–H groups in total. The van der Waals surface area contributed by atoms with Crippen LogP contribution in [-0.2, 0) is 4.79 Å². The summed E-state index contributed by atoms with van der Waals surface area (Å²) in [6.07, 6.45) is 11.7. The highest BCUT2D eigenvalue weighted by Gasteiger charge is 2.44. The van der Waals surface area contributed by atoms with Gasteiger partial charge in [-0.15, -0.1) is 0 Å². The van der Waals surface area contributed by atoms with E-state index in [1.165, 1.54) is 12.4 Å².